The van der Waals surface area contributed by atoms with E-state index in [0.717, 1.165) is 5.56 Å². The third-order valence-corrected chi connectivity index (χ3v) is 3.46. The predicted octanol–water partition coefficient (Wildman–Crippen LogP) is 0.596. The molecule has 0 aliphatic heterocycles. The molecule has 0 atom stereocenters. The molecule has 0 spiro atoms. The fraction of sp³-hybridized carbons (Fsp3) is 0.0667. The number of benzene rings is 1. The lowest BCUT2D eigenvalue weighted by atomic mass is 10.2. The van der Waals surface area contributed by atoms with Gasteiger partial charge in [-0.2, -0.15) is 10.1 Å². The van der Waals surface area contributed by atoms with Crippen molar-refractivity contribution in [3.63, 3.8) is 0 Å². The van der Waals surface area contributed by atoms with Gasteiger partial charge in [0, 0.05) is 17.8 Å². The number of aromatic nitrogens is 7. The molecule has 3 aromatic heterocycles. The van der Waals surface area contributed by atoms with Crippen LogP contribution in [-0.4, -0.2) is 34.8 Å². The quantitative estimate of drug-likeness (QED) is 0.591. The molecular formula is C15H10N8O. The first-order valence-corrected chi connectivity index (χ1v) is 7.08. The zero-order chi connectivity index (χ0) is 16.5. The van der Waals surface area contributed by atoms with Gasteiger partial charge in [-0.1, -0.05) is 30.3 Å². The van der Waals surface area contributed by atoms with Crippen LogP contribution in [0.4, 0.5) is 0 Å². The van der Waals surface area contributed by atoms with E-state index in [1.165, 1.54) is 21.6 Å². The van der Waals surface area contributed by atoms with Crippen LogP contribution in [0.15, 0.2) is 47.4 Å². The van der Waals surface area contributed by atoms with Crippen molar-refractivity contribution in [3.8, 4) is 17.5 Å². The summed E-state index contributed by atoms with van der Waals surface area (Å²) in [7, 11) is 0. The number of hydrogen-bond acceptors (Lipinski definition) is 6. The van der Waals surface area contributed by atoms with Gasteiger partial charge in [-0.05, 0) is 5.21 Å². The molecule has 0 aliphatic rings. The second kappa shape index (κ2) is 5.44. The molecule has 116 valence electrons. The summed E-state index contributed by atoms with van der Waals surface area (Å²) in [4.78, 5) is 17.7. The van der Waals surface area contributed by atoms with E-state index in [1.54, 1.807) is 0 Å². The molecule has 9 heteroatoms. The van der Waals surface area contributed by atoms with E-state index in [2.05, 4.69) is 25.5 Å². The summed E-state index contributed by atoms with van der Waals surface area (Å²) in [6.07, 6.45) is 1.44. The van der Waals surface area contributed by atoms with E-state index in [9.17, 15) is 4.79 Å². The number of hydrogen-bond donors (Lipinski definition) is 1. The van der Waals surface area contributed by atoms with Crippen LogP contribution in [0, 0.1) is 11.3 Å². The molecule has 1 aromatic carbocycles. The number of fused-ring (bicyclic) bond motifs is 1. The van der Waals surface area contributed by atoms with E-state index in [0.29, 0.717) is 17.1 Å². The molecule has 0 saturated carbocycles. The second-order valence-electron chi connectivity index (χ2n) is 5.05. The summed E-state index contributed by atoms with van der Waals surface area (Å²) >= 11 is 0. The van der Waals surface area contributed by atoms with Crippen LogP contribution in [0.25, 0.3) is 17.0 Å². The van der Waals surface area contributed by atoms with Gasteiger partial charge in [0.15, 0.2) is 5.65 Å². The van der Waals surface area contributed by atoms with Gasteiger partial charge in [-0.15, -0.1) is 10.2 Å². The molecule has 4 aromatic rings. The maximum absolute atomic E-state index is 12.1. The number of nitriles is 1. The minimum absolute atomic E-state index is 0.182. The highest BCUT2D eigenvalue weighted by Crippen LogP contribution is 2.12. The largest absolute Gasteiger partial charge is 0.295 e. The molecule has 0 amide bonds. The highest BCUT2D eigenvalue weighted by Gasteiger charge is 2.11. The molecule has 0 unspecified atom stereocenters. The first-order chi connectivity index (χ1) is 11.7. The topological polar surface area (TPSA) is 118 Å². The third-order valence-electron chi connectivity index (χ3n) is 3.46. The average molecular weight is 318 g/mol. The van der Waals surface area contributed by atoms with Crippen molar-refractivity contribution in [2.45, 2.75) is 6.54 Å². The summed E-state index contributed by atoms with van der Waals surface area (Å²) in [5, 5.41) is 24.0. The van der Waals surface area contributed by atoms with E-state index in [-0.39, 0.29) is 17.8 Å². The van der Waals surface area contributed by atoms with Gasteiger partial charge in [-0.3, -0.25) is 9.89 Å². The van der Waals surface area contributed by atoms with Gasteiger partial charge >= 0.3 is 0 Å². The molecule has 0 fully saturated rings. The normalized spacial score (nSPS) is 10.8. The van der Waals surface area contributed by atoms with Gasteiger partial charge in [0.05, 0.1) is 5.69 Å². The molecule has 3 heterocycles. The van der Waals surface area contributed by atoms with Gasteiger partial charge in [0.25, 0.3) is 5.56 Å². The van der Waals surface area contributed by atoms with Crippen molar-refractivity contribution in [3.05, 3.63) is 64.2 Å². The van der Waals surface area contributed by atoms with Crippen LogP contribution in [0.2, 0.25) is 0 Å². The molecule has 9 nitrogen and oxygen atoms in total. The van der Waals surface area contributed by atoms with Crippen LogP contribution in [0.5, 0.6) is 0 Å². The van der Waals surface area contributed by atoms with Crippen molar-refractivity contribution in [1.82, 2.24) is 34.8 Å². The van der Waals surface area contributed by atoms with E-state index >= 15 is 0 Å². The van der Waals surface area contributed by atoms with Crippen LogP contribution >= 0.6 is 0 Å². The maximum atomic E-state index is 12.1. The summed E-state index contributed by atoms with van der Waals surface area (Å²) < 4.78 is 1.21. The number of nitrogens with zero attached hydrogens (tertiary/aromatic N) is 7. The minimum atomic E-state index is -0.306. The minimum Gasteiger partial charge on any atom is -0.295 e. The summed E-state index contributed by atoms with van der Waals surface area (Å²) in [5.41, 5.74) is 1.58. The second-order valence-corrected chi connectivity index (χ2v) is 5.05. The number of tetrazole rings is 1. The van der Waals surface area contributed by atoms with Crippen molar-refractivity contribution in [2.75, 3.05) is 0 Å². The zero-order valence-corrected chi connectivity index (χ0v) is 12.3. The standard InChI is InChI=1S/C15H10N8O/c16-7-11-8-17-23-13(24)6-12(18-15(11)23)9-22-20-14(19-21-22)10-4-2-1-3-5-10/h1-6,8,17H,9H2. The molecule has 0 bridgehead atoms. The molecular weight excluding hydrogens is 308 g/mol. The number of nitrogens with one attached hydrogen (secondary N) is 1. The predicted molar refractivity (Wildman–Crippen MR) is 82.9 cm³/mol. The monoisotopic (exact) mass is 318 g/mol. The number of rotatable bonds is 3. The zero-order valence-electron chi connectivity index (χ0n) is 12.3. The summed E-state index contributed by atoms with van der Waals surface area (Å²) in [5.74, 6) is 0.493. The van der Waals surface area contributed by atoms with E-state index < -0.39 is 0 Å². The van der Waals surface area contributed by atoms with Crippen LogP contribution < -0.4 is 5.56 Å². The van der Waals surface area contributed by atoms with Crippen molar-refractivity contribution in [1.29, 1.82) is 5.26 Å². The average Bonchev–Trinajstić information content (AvgIpc) is 3.23. The fourth-order valence-electron chi connectivity index (χ4n) is 2.35. The van der Waals surface area contributed by atoms with Gasteiger partial charge in [0.1, 0.15) is 18.2 Å². The summed E-state index contributed by atoms with van der Waals surface area (Å²) in [6, 6.07) is 12.8. The Balaban J connectivity index is 1.69. The Morgan fingerprint density at radius 1 is 1.25 bits per heavy atom. The third kappa shape index (κ3) is 2.32. The fourth-order valence-corrected chi connectivity index (χ4v) is 2.35. The first-order valence-electron chi connectivity index (χ1n) is 7.08. The van der Waals surface area contributed by atoms with Crippen molar-refractivity contribution < 1.29 is 0 Å². The Bertz CT molecular complexity index is 1120. The Kier molecular flexibility index (Phi) is 3.13. The number of aromatic amines is 1. The Morgan fingerprint density at radius 3 is 2.88 bits per heavy atom. The smallest absolute Gasteiger partial charge is 0.273 e. The molecule has 1 N–H and O–H groups in total. The highest BCUT2D eigenvalue weighted by molar-refractivity contribution is 5.54. The highest BCUT2D eigenvalue weighted by atomic mass is 16.1. The lowest BCUT2D eigenvalue weighted by molar-refractivity contribution is 0.563. The lowest BCUT2D eigenvalue weighted by Gasteiger charge is -2.00. The van der Waals surface area contributed by atoms with Crippen LogP contribution in [-0.2, 0) is 6.54 Å². The van der Waals surface area contributed by atoms with Gasteiger partial charge in [0.2, 0.25) is 5.82 Å². The van der Waals surface area contributed by atoms with Crippen LogP contribution in [0.1, 0.15) is 11.3 Å². The summed E-state index contributed by atoms with van der Waals surface area (Å²) in [6.45, 7) is 0.182. The molecule has 24 heavy (non-hydrogen) atoms. The lowest BCUT2D eigenvalue weighted by Crippen LogP contribution is -2.17. The Morgan fingerprint density at radius 2 is 2.08 bits per heavy atom. The van der Waals surface area contributed by atoms with Gasteiger partial charge < -0.3 is 0 Å². The molecule has 0 aliphatic carbocycles. The van der Waals surface area contributed by atoms with Crippen molar-refractivity contribution >= 4 is 5.65 Å². The van der Waals surface area contributed by atoms with Crippen molar-refractivity contribution in [2.24, 2.45) is 0 Å². The molecule has 4 rings (SSSR count). The SMILES string of the molecule is N#Cc1c[nH]n2c(=O)cc(Cn3nnc(-c4ccccc4)n3)nc12. The van der Waals surface area contributed by atoms with E-state index in [4.69, 9.17) is 5.26 Å². The van der Waals surface area contributed by atoms with Gasteiger partial charge in [-0.25, -0.2) is 9.50 Å². The van der Waals surface area contributed by atoms with E-state index in [1.807, 2.05) is 36.4 Å². The maximum Gasteiger partial charge on any atom is 0.273 e. The van der Waals surface area contributed by atoms with Crippen LogP contribution in [0.3, 0.4) is 0 Å². The number of H-pyrrole nitrogens is 1. The first kappa shape index (κ1) is 13.8. The Labute approximate surface area is 134 Å². The Hall–Kier alpha value is -3.80. The molecule has 0 saturated heterocycles. The molecule has 0 radical (unpaired) electrons.